The van der Waals surface area contributed by atoms with Gasteiger partial charge >= 0.3 is 0 Å². The molecule has 0 unspecified atom stereocenters. The molecule has 0 aliphatic carbocycles. The van der Waals surface area contributed by atoms with Gasteiger partial charge in [-0.2, -0.15) is 5.10 Å². The lowest BCUT2D eigenvalue weighted by Crippen LogP contribution is -1.94. The number of aryl methyl sites for hydroxylation is 1. The van der Waals surface area contributed by atoms with E-state index in [9.17, 15) is 4.79 Å². The van der Waals surface area contributed by atoms with Gasteiger partial charge in [0.25, 0.3) is 0 Å². The van der Waals surface area contributed by atoms with Gasteiger partial charge in [0, 0.05) is 16.6 Å². The number of nitrogens with zero attached hydrogens (tertiary/aromatic N) is 2. The Morgan fingerprint density at radius 1 is 1.44 bits per heavy atom. The number of hydrogen-bond donors (Lipinski definition) is 0. The third kappa shape index (κ3) is 2.79. The van der Waals surface area contributed by atoms with Gasteiger partial charge in [-0.1, -0.05) is 0 Å². The van der Waals surface area contributed by atoms with Crippen LogP contribution in [0.2, 0.25) is 0 Å². The summed E-state index contributed by atoms with van der Waals surface area (Å²) in [6.07, 6.45) is 3.49. The SMILES string of the molecule is CCn1cc(Oc2ccc(C(C)=O)c(Br)c2)cn1. The number of Topliss-reactive ketones (excluding diaryl/α,β-unsaturated/α-hetero) is 1. The monoisotopic (exact) mass is 308 g/mol. The van der Waals surface area contributed by atoms with Gasteiger partial charge in [-0.05, 0) is 48.0 Å². The fourth-order valence-corrected chi connectivity index (χ4v) is 2.19. The summed E-state index contributed by atoms with van der Waals surface area (Å²) in [5, 5.41) is 4.12. The van der Waals surface area contributed by atoms with Crippen molar-refractivity contribution < 1.29 is 9.53 Å². The van der Waals surface area contributed by atoms with Gasteiger partial charge in [0.05, 0.1) is 12.4 Å². The number of aromatic nitrogens is 2. The van der Waals surface area contributed by atoms with Crippen molar-refractivity contribution in [1.82, 2.24) is 9.78 Å². The second-order valence-corrected chi connectivity index (χ2v) is 4.69. The molecule has 94 valence electrons. The molecule has 0 radical (unpaired) electrons. The van der Waals surface area contributed by atoms with Crippen LogP contribution in [0.1, 0.15) is 24.2 Å². The lowest BCUT2D eigenvalue weighted by molar-refractivity contribution is 0.101. The number of ether oxygens (including phenoxy) is 1. The minimum absolute atomic E-state index is 0.0206. The largest absolute Gasteiger partial charge is 0.454 e. The van der Waals surface area contributed by atoms with E-state index in [0.29, 0.717) is 17.1 Å². The van der Waals surface area contributed by atoms with Gasteiger partial charge in [-0.25, -0.2) is 0 Å². The maximum absolute atomic E-state index is 11.3. The van der Waals surface area contributed by atoms with Crippen molar-refractivity contribution in [3.05, 3.63) is 40.6 Å². The summed E-state index contributed by atoms with van der Waals surface area (Å²) in [7, 11) is 0. The summed E-state index contributed by atoms with van der Waals surface area (Å²) in [6.45, 7) is 4.34. The maximum Gasteiger partial charge on any atom is 0.165 e. The number of carbonyl (C=O) groups is 1. The first-order chi connectivity index (χ1) is 8.60. The molecule has 0 saturated heterocycles. The van der Waals surface area contributed by atoms with Crippen LogP contribution in [0, 0.1) is 0 Å². The van der Waals surface area contributed by atoms with E-state index in [1.807, 2.05) is 13.1 Å². The summed E-state index contributed by atoms with van der Waals surface area (Å²) in [5.74, 6) is 1.37. The first kappa shape index (κ1) is 12.8. The Morgan fingerprint density at radius 3 is 2.78 bits per heavy atom. The van der Waals surface area contributed by atoms with Gasteiger partial charge in [-0.15, -0.1) is 0 Å². The van der Waals surface area contributed by atoms with Gasteiger partial charge < -0.3 is 4.74 Å². The van der Waals surface area contributed by atoms with E-state index in [1.54, 1.807) is 29.1 Å². The molecule has 1 aromatic heterocycles. The molecule has 0 amide bonds. The summed E-state index contributed by atoms with van der Waals surface area (Å²) in [4.78, 5) is 11.3. The number of rotatable bonds is 4. The van der Waals surface area contributed by atoms with Crippen LogP contribution in [-0.4, -0.2) is 15.6 Å². The second-order valence-electron chi connectivity index (χ2n) is 3.83. The molecule has 0 aliphatic rings. The van der Waals surface area contributed by atoms with Gasteiger partial charge in [0.1, 0.15) is 5.75 Å². The van der Waals surface area contributed by atoms with Crippen LogP contribution in [0.3, 0.4) is 0 Å². The predicted molar refractivity (Wildman–Crippen MR) is 72.1 cm³/mol. The maximum atomic E-state index is 11.3. The van der Waals surface area contributed by atoms with E-state index >= 15 is 0 Å². The highest BCUT2D eigenvalue weighted by Gasteiger charge is 2.07. The number of carbonyl (C=O) groups excluding carboxylic acids is 1. The molecule has 0 fully saturated rings. The van der Waals surface area contributed by atoms with Gasteiger partial charge in [0.2, 0.25) is 0 Å². The van der Waals surface area contributed by atoms with E-state index in [1.165, 1.54) is 6.92 Å². The Labute approximate surface area is 114 Å². The van der Waals surface area contributed by atoms with Crippen LogP contribution in [0.4, 0.5) is 0 Å². The highest BCUT2D eigenvalue weighted by Crippen LogP contribution is 2.27. The molecule has 4 nitrogen and oxygen atoms in total. The zero-order chi connectivity index (χ0) is 13.1. The number of ketones is 1. The first-order valence-electron chi connectivity index (χ1n) is 5.61. The minimum atomic E-state index is 0.0206. The molecular formula is C13H13BrN2O2. The molecule has 0 N–H and O–H groups in total. The van der Waals surface area contributed by atoms with Crippen molar-refractivity contribution in [2.24, 2.45) is 0 Å². The predicted octanol–water partition coefficient (Wildman–Crippen LogP) is 3.66. The highest BCUT2D eigenvalue weighted by molar-refractivity contribution is 9.10. The molecule has 5 heteroatoms. The van der Waals surface area contributed by atoms with E-state index in [0.717, 1.165) is 11.0 Å². The Hall–Kier alpha value is -1.62. The molecule has 1 heterocycles. The number of hydrogen-bond acceptors (Lipinski definition) is 3. The average molecular weight is 309 g/mol. The van der Waals surface area contributed by atoms with E-state index in [4.69, 9.17) is 4.74 Å². The topological polar surface area (TPSA) is 44.1 Å². The van der Waals surface area contributed by atoms with Gasteiger partial charge in [-0.3, -0.25) is 9.48 Å². The number of halogens is 1. The fraction of sp³-hybridized carbons (Fsp3) is 0.231. The quantitative estimate of drug-likeness (QED) is 0.810. The van der Waals surface area contributed by atoms with E-state index in [2.05, 4.69) is 21.0 Å². The zero-order valence-electron chi connectivity index (χ0n) is 10.2. The first-order valence-corrected chi connectivity index (χ1v) is 6.40. The molecule has 0 aliphatic heterocycles. The summed E-state index contributed by atoms with van der Waals surface area (Å²) in [6, 6.07) is 5.29. The molecule has 1 aromatic carbocycles. The summed E-state index contributed by atoms with van der Waals surface area (Å²) in [5.41, 5.74) is 0.645. The van der Waals surface area contributed by atoms with Crippen LogP contribution in [0.25, 0.3) is 0 Å². The standard InChI is InChI=1S/C13H13BrN2O2/c1-3-16-8-11(7-15-16)18-10-4-5-12(9(2)17)13(14)6-10/h4-8H,3H2,1-2H3. The Balaban J connectivity index is 2.19. The summed E-state index contributed by atoms with van der Waals surface area (Å²) < 4.78 is 8.17. The lowest BCUT2D eigenvalue weighted by atomic mass is 10.1. The van der Waals surface area contributed by atoms with Crippen molar-refractivity contribution in [2.75, 3.05) is 0 Å². The molecular weight excluding hydrogens is 296 g/mol. The molecule has 2 rings (SSSR count). The van der Waals surface area contributed by atoms with Crippen molar-refractivity contribution in [2.45, 2.75) is 20.4 Å². The number of benzene rings is 1. The smallest absolute Gasteiger partial charge is 0.165 e. The second kappa shape index (κ2) is 5.35. The molecule has 18 heavy (non-hydrogen) atoms. The Bertz CT molecular complexity index is 578. The average Bonchev–Trinajstić information content (AvgIpc) is 2.76. The van der Waals surface area contributed by atoms with E-state index in [-0.39, 0.29) is 5.78 Å². The molecule has 0 spiro atoms. The van der Waals surface area contributed by atoms with Crippen LogP contribution < -0.4 is 4.74 Å². The minimum Gasteiger partial charge on any atom is -0.454 e. The van der Waals surface area contributed by atoms with Crippen molar-refractivity contribution in [3.8, 4) is 11.5 Å². The Morgan fingerprint density at radius 2 is 2.22 bits per heavy atom. The van der Waals surface area contributed by atoms with Crippen LogP contribution >= 0.6 is 15.9 Å². The highest BCUT2D eigenvalue weighted by atomic mass is 79.9. The Kier molecular flexibility index (Phi) is 3.81. The van der Waals surface area contributed by atoms with Crippen LogP contribution in [0.5, 0.6) is 11.5 Å². The fourth-order valence-electron chi connectivity index (χ4n) is 1.55. The van der Waals surface area contributed by atoms with Crippen molar-refractivity contribution in [1.29, 1.82) is 0 Å². The zero-order valence-corrected chi connectivity index (χ0v) is 11.8. The van der Waals surface area contributed by atoms with Crippen LogP contribution in [0.15, 0.2) is 35.1 Å². The third-order valence-corrected chi connectivity index (χ3v) is 3.15. The van der Waals surface area contributed by atoms with Crippen molar-refractivity contribution >= 4 is 21.7 Å². The normalized spacial score (nSPS) is 10.4. The third-order valence-electron chi connectivity index (χ3n) is 2.49. The molecule has 2 aromatic rings. The van der Waals surface area contributed by atoms with E-state index < -0.39 is 0 Å². The molecule has 0 saturated carbocycles. The van der Waals surface area contributed by atoms with Gasteiger partial charge in [0.15, 0.2) is 11.5 Å². The molecule has 0 atom stereocenters. The van der Waals surface area contributed by atoms with Crippen molar-refractivity contribution in [3.63, 3.8) is 0 Å². The summed E-state index contributed by atoms with van der Waals surface area (Å²) >= 11 is 3.36. The van der Waals surface area contributed by atoms with Crippen LogP contribution in [-0.2, 0) is 6.54 Å². The molecule has 0 bridgehead atoms. The lowest BCUT2D eigenvalue weighted by Gasteiger charge is -2.05.